The van der Waals surface area contributed by atoms with Crippen LogP contribution >= 0.6 is 0 Å². The van der Waals surface area contributed by atoms with Crippen molar-refractivity contribution in [1.29, 1.82) is 0 Å². The van der Waals surface area contributed by atoms with Crippen molar-refractivity contribution in [2.45, 2.75) is 122 Å². The lowest BCUT2D eigenvalue weighted by atomic mass is 9.41. The predicted octanol–water partition coefficient (Wildman–Crippen LogP) is 6.66. The molecule has 3 N–H and O–H groups in total. The summed E-state index contributed by atoms with van der Waals surface area (Å²) >= 11 is 0. The fourth-order valence-corrected chi connectivity index (χ4v) is 11.5. The van der Waals surface area contributed by atoms with Crippen LogP contribution in [-0.2, 0) is 20.2 Å². The number of amides is 1. The van der Waals surface area contributed by atoms with Crippen LogP contribution in [0.2, 0.25) is 0 Å². The molecular formula is C35H55NO6S. The Balaban J connectivity index is 1.24. The first-order valence-electron chi connectivity index (χ1n) is 16.7. The van der Waals surface area contributed by atoms with Crippen molar-refractivity contribution in [2.24, 2.45) is 52.3 Å². The van der Waals surface area contributed by atoms with Crippen molar-refractivity contribution in [2.75, 3.05) is 6.61 Å². The molecule has 4 aliphatic carbocycles. The predicted molar refractivity (Wildman–Crippen MR) is 168 cm³/mol. The highest BCUT2D eigenvalue weighted by atomic mass is 32.2. The summed E-state index contributed by atoms with van der Waals surface area (Å²) in [7, 11) is -4.03. The molecule has 1 aromatic carbocycles. The number of fused-ring (bicyclic) bond motifs is 5. The Labute approximate surface area is 259 Å². The van der Waals surface area contributed by atoms with Gasteiger partial charge >= 0.3 is 6.09 Å². The van der Waals surface area contributed by atoms with Gasteiger partial charge in [0.25, 0.3) is 10.0 Å². The summed E-state index contributed by atoms with van der Waals surface area (Å²) < 4.78 is 33.3. The Morgan fingerprint density at radius 2 is 1.63 bits per heavy atom. The number of aliphatic hydroxyl groups is 2. The molecule has 0 bridgehead atoms. The molecule has 0 spiro atoms. The zero-order valence-electron chi connectivity index (χ0n) is 27.3. The Bertz CT molecular complexity index is 1270. The second-order valence-corrected chi connectivity index (χ2v) is 17.8. The summed E-state index contributed by atoms with van der Waals surface area (Å²) in [5, 5.41) is 22.4. The van der Waals surface area contributed by atoms with Crippen LogP contribution in [0.1, 0.15) is 105 Å². The van der Waals surface area contributed by atoms with E-state index >= 15 is 0 Å². The number of sulfonamides is 1. The van der Waals surface area contributed by atoms with E-state index in [0.29, 0.717) is 23.7 Å². The highest BCUT2D eigenvalue weighted by molar-refractivity contribution is 7.90. The molecule has 0 heterocycles. The molecule has 4 aliphatic rings. The maximum absolute atomic E-state index is 12.9. The molecule has 11 atom stereocenters. The summed E-state index contributed by atoms with van der Waals surface area (Å²) in [4.78, 5) is 12.7. The number of nitrogens with one attached hydrogen (secondary N) is 1. The van der Waals surface area contributed by atoms with Gasteiger partial charge < -0.3 is 14.9 Å². The van der Waals surface area contributed by atoms with Crippen LogP contribution in [-0.4, -0.2) is 43.5 Å². The number of benzene rings is 1. The molecular weight excluding hydrogens is 562 g/mol. The molecule has 1 amide bonds. The van der Waals surface area contributed by atoms with Gasteiger partial charge in [0.05, 0.1) is 23.7 Å². The monoisotopic (exact) mass is 617 g/mol. The second kappa shape index (κ2) is 11.6. The minimum atomic E-state index is -4.03. The fraction of sp³-hybridized carbons (Fsp3) is 0.800. The van der Waals surface area contributed by atoms with Crippen LogP contribution in [0.25, 0.3) is 0 Å². The van der Waals surface area contributed by atoms with Crippen LogP contribution < -0.4 is 4.72 Å². The maximum atomic E-state index is 12.9. The summed E-state index contributed by atoms with van der Waals surface area (Å²) in [6, 6.07) is 6.60. The zero-order chi connectivity index (χ0) is 31.5. The van der Waals surface area contributed by atoms with Crippen LogP contribution in [0.5, 0.6) is 0 Å². The smallest absolute Gasteiger partial charge is 0.421 e. The normalized spacial score (nSPS) is 40.1. The maximum Gasteiger partial charge on any atom is 0.421 e. The van der Waals surface area contributed by atoms with Gasteiger partial charge in [-0.15, -0.1) is 0 Å². The molecule has 8 heteroatoms. The van der Waals surface area contributed by atoms with Crippen molar-refractivity contribution in [3.8, 4) is 0 Å². The van der Waals surface area contributed by atoms with Gasteiger partial charge in [-0.05, 0) is 120 Å². The average molecular weight is 618 g/mol. The topological polar surface area (TPSA) is 113 Å². The fourth-order valence-electron chi connectivity index (χ4n) is 10.6. The van der Waals surface area contributed by atoms with Crippen molar-refractivity contribution in [3.63, 3.8) is 0 Å². The number of aliphatic hydroxyl groups excluding tert-OH is 2. The molecule has 0 saturated heterocycles. The molecule has 0 aliphatic heterocycles. The Hall–Kier alpha value is -1.64. The number of ether oxygens (including phenoxy) is 1. The van der Waals surface area contributed by atoms with Crippen LogP contribution in [0.4, 0.5) is 4.79 Å². The molecule has 1 aromatic rings. The van der Waals surface area contributed by atoms with E-state index in [0.717, 1.165) is 56.9 Å². The van der Waals surface area contributed by atoms with E-state index in [1.807, 2.05) is 0 Å². The SMILES string of the molecule is CC[C@H]1[C@@H](O)[C@@H]2C(CCC3(C)[C@@H]([C@H](C)COC(=O)NS(=O)(=O)c4ccc(C(C)(C)C)cc4)CC[C@@H]23)[C@@]2(C)CC[C@@H](O)C[C@@H]12. The first-order chi connectivity index (χ1) is 20.0. The summed E-state index contributed by atoms with van der Waals surface area (Å²) in [6.45, 7) is 15.5. The second-order valence-electron chi connectivity index (χ2n) is 16.1. The third-order valence-electron chi connectivity index (χ3n) is 12.9. The van der Waals surface area contributed by atoms with Gasteiger partial charge in [-0.25, -0.2) is 17.9 Å². The standard InChI is InChI=1S/C35H55NO6S/c1-8-25-29-19-23(37)15-17-35(29,7)28-16-18-34(6)26(13-14-27(34)30(28)31(25)38)21(2)20-42-32(39)36-43(40,41)24-11-9-22(10-12-24)33(3,4)5/h9-12,21,23,25-31,37-38H,8,13-20H2,1-7H3,(H,36,39)/t21-,23-,25-,26-,27+,28?,29+,30+,31-,34?,35-/m1/s1. The first kappa shape index (κ1) is 32.7. The lowest BCUT2D eigenvalue weighted by Gasteiger charge is -2.64. The summed E-state index contributed by atoms with van der Waals surface area (Å²) in [5.74, 6) is 2.14. The lowest BCUT2D eigenvalue weighted by molar-refractivity contribution is -0.203. The highest BCUT2D eigenvalue weighted by Crippen LogP contribution is 2.69. The molecule has 4 saturated carbocycles. The van der Waals surface area contributed by atoms with E-state index in [1.165, 1.54) is 12.1 Å². The molecule has 5 rings (SSSR count). The van der Waals surface area contributed by atoms with E-state index < -0.39 is 16.1 Å². The minimum Gasteiger partial charge on any atom is -0.449 e. The van der Waals surface area contributed by atoms with E-state index in [1.54, 1.807) is 12.1 Å². The highest BCUT2D eigenvalue weighted by Gasteiger charge is 2.64. The number of carbonyl (C=O) groups is 1. The molecule has 2 unspecified atom stereocenters. The average Bonchev–Trinajstić information content (AvgIpc) is 3.29. The van der Waals surface area contributed by atoms with Gasteiger partial charge in [0, 0.05) is 0 Å². The Kier molecular flexibility index (Phi) is 8.85. The Morgan fingerprint density at radius 3 is 2.26 bits per heavy atom. The van der Waals surface area contributed by atoms with Gasteiger partial charge in [-0.2, -0.15) is 0 Å². The van der Waals surface area contributed by atoms with Crippen LogP contribution in [0, 0.1) is 52.3 Å². The number of hydrogen-bond acceptors (Lipinski definition) is 6. The third kappa shape index (κ3) is 5.78. The molecule has 242 valence electrons. The van der Waals surface area contributed by atoms with E-state index in [9.17, 15) is 23.4 Å². The minimum absolute atomic E-state index is 0.0354. The van der Waals surface area contributed by atoms with Gasteiger partial charge in [-0.3, -0.25) is 0 Å². The number of hydrogen-bond donors (Lipinski definition) is 3. The van der Waals surface area contributed by atoms with Crippen LogP contribution in [0.3, 0.4) is 0 Å². The lowest BCUT2D eigenvalue weighted by Crippen LogP contribution is -2.62. The quantitative estimate of drug-likeness (QED) is 0.329. The van der Waals surface area contributed by atoms with Crippen molar-refractivity contribution < 1.29 is 28.2 Å². The van der Waals surface area contributed by atoms with E-state index in [4.69, 9.17) is 4.74 Å². The van der Waals surface area contributed by atoms with Gasteiger partial charge in [0.15, 0.2) is 0 Å². The van der Waals surface area contributed by atoms with Crippen molar-refractivity contribution in [3.05, 3.63) is 29.8 Å². The van der Waals surface area contributed by atoms with Gasteiger partial charge in [0.2, 0.25) is 0 Å². The molecule has 0 radical (unpaired) electrons. The van der Waals surface area contributed by atoms with Gasteiger partial charge in [-0.1, -0.05) is 67.0 Å². The number of carbonyl (C=O) groups excluding carboxylic acids is 1. The number of rotatable bonds is 6. The molecule has 43 heavy (non-hydrogen) atoms. The van der Waals surface area contributed by atoms with E-state index in [2.05, 4.69) is 53.2 Å². The van der Waals surface area contributed by atoms with Crippen molar-refractivity contribution >= 4 is 16.1 Å². The van der Waals surface area contributed by atoms with E-state index in [-0.39, 0.29) is 57.7 Å². The zero-order valence-corrected chi connectivity index (χ0v) is 28.1. The van der Waals surface area contributed by atoms with Crippen molar-refractivity contribution in [1.82, 2.24) is 4.72 Å². The molecule has 7 nitrogen and oxygen atoms in total. The Morgan fingerprint density at radius 1 is 1.00 bits per heavy atom. The third-order valence-corrected chi connectivity index (χ3v) is 14.2. The summed E-state index contributed by atoms with van der Waals surface area (Å²) in [5.41, 5.74) is 1.11. The van der Waals surface area contributed by atoms with Crippen LogP contribution in [0.15, 0.2) is 29.2 Å². The first-order valence-corrected chi connectivity index (χ1v) is 18.2. The molecule has 4 fully saturated rings. The largest absolute Gasteiger partial charge is 0.449 e. The summed E-state index contributed by atoms with van der Waals surface area (Å²) in [6.07, 6.45) is 6.39. The van der Waals surface area contributed by atoms with Gasteiger partial charge in [0.1, 0.15) is 0 Å². The molecule has 0 aromatic heterocycles.